The van der Waals surface area contributed by atoms with Crippen LogP contribution in [0.4, 0.5) is 9.59 Å². The van der Waals surface area contributed by atoms with Crippen molar-refractivity contribution in [2.45, 2.75) is 37.6 Å². The molecule has 19 heavy (non-hydrogen) atoms. The fourth-order valence-electron chi connectivity index (χ4n) is 1.69. The number of ether oxygens (including phenoxy) is 4. The van der Waals surface area contributed by atoms with Crippen LogP contribution in [-0.4, -0.2) is 49.9 Å². The monoisotopic (exact) mass is 274 g/mol. The van der Waals surface area contributed by atoms with Crippen LogP contribution in [0.2, 0.25) is 0 Å². The number of hydrogen-bond donors (Lipinski definition) is 1. The molecule has 1 aliphatic rings. The second-order valence-electron chi connectivity index (χ2n) is 4.07. The summed E-state index contributed by atoms with van der Waals surface area (Å²) in [7, 11) is 2.42. The molecule has 0 amide bonds. The van der Waals surface area contributed by atoms with Crippen LogP contribution >= 0.6 is 0 Å². The molecule has 0 saturated heterocycles. The predicted molar refractivity (Wildman–Crippen MR) is 63.6 cm³/mol. The van der Waals surface area contributed by atoms with E-state index in [0.717, 1.165) is 0 Å². The first kappa shape index (κ1) is 15.3. The van der Waals surface area contributed by atoms with Gasteiger partial charge in [-0.05, 0) is 25.0 Å². The Morgan fingerprint density at radius 1 is 1.00 bits per heavy atom. The van der Waals surface area contributed by atoms with E-state index in [0.29, 0.717) is 12.8 Å². The summed E-state index contributed by atoms with van der Waals surface area (Å²) >= 11 is 0. The van der Waals surface area contributed by atoms with Crippen LogP contribution in [0.1, 0.15) is 19.3 Å². The Morgan fingerprint density at radius 2 is 1.53 bits per heavy atom. The van der Waals surface area contributed by atoms with Crippen molar-refractivity contribution in [3.8, 4) is 0 Å². The lowest BCUT2D eigenvalue weighted by atomic mass is 10.00. The van der Waals surface area contributed by atoms with E-state index < -0.39 is 30.6 Å². The van der Waals surface area contributed by atoms with Crippen molar-refractivity contribution in [3.05, 3.63) is 12.2 Å². The molecule has 108 valence electrons. The summed E-state index contributed by atoms with van der Waals surface area (Å²) in [6, 6.07) is 0. The van der Waals surface area contributed by atoms with Crippen molar-refractivity contribution in [1.82, 2.24) is 0 Å². The summed E-state index contributed by atoms with van der Waals surface area (Å²) in [5.41, 5.74) is 0. The van der Waals surface area contributed by atoms with Crippen LogP contribution in [0.5, 0.6) is 0 Å². The van der Waals surface area contributed by atoms with Gasteiger partial charge in [0.1, 0.15) is 12.2 Å². The molecule has 0 saturated carbocycles. The van der Waals surface area contributed by atoms with Crippen molar-refractivity contribution < 1.29 is 33.6 Å². The smallest absolute Gasteiger partial charge is 0.438 e. The third kappa shape index (κ3) is 5.60. The second kappa shape index (κ2) is 7.63. The average molecular weight is 274 g/mol. The number of carbonyl (C=O) groups is 2. The molecule has 3 atom stereocenters. The molecule has 0 aliphatic heterocycles. The highest BCUT2D eigenvalue weighted by molar-refractivity contribution is 5.60. The van der Waals surface area contributed by atoms with Gasteiger partial charge in [-0.25, -0.2) is 9.59 Å². The summed E-state index contributed by atoms with van der Waals surface area (Å²) in [5.74, 6) is 0. The number of aliphatic hydroxyl groups is 1. The van der Waals surface area contributed by atoms with Crippen LogP contribution in [0.15, 0.2) is 12.2 Å². The summed E-state index contributed by atoms with van der Waals surface area (Å²) in [6.45, 7) is 0. The first-order chi connectivity index (χ1) is 9.05. The highest BCUT2D eigenvalue weighted by Gasteiger charge is 2.22. The van der Waals surface area contributed by atoms with E-state index in [1.807, 2.05) is 0 Å². The topological polar surface area (TPSA) is 91.3 Å². The Labute approximate surface area is 111 Å². The molecule has 0 aromatic carbocycles. The van der Waals surface area contributed by atoms with Crippen LogP contribution in [-0.2, 0) is 18.9 Å². The van der Waals surface area contributed by atoms with Gasteiger partial charge in [-0.15, -0.1) is 0 Å². The third-order valence-electron chi connectivity index (χ3n) is 2.66. The molecule has 0 aromatic rings. The molecule has 0 spiro atoms. The van der Waals surface area contributed by atoms with Crippen LogP contribution in [0, 0.1) is 0 Å². The van der Waals surface area contributed by atoms with E-state index in [9.17, 15) is 14.7 Å². The van der Waals surface area contributed by atoms with Crippen molar-refractivity contribution in [2.24, 2.45) is 0 Å². The van der Waals surface area contributed by atoms with Crippen LogP contribution in [0.25, 0.3) is 0 Å². The van der Waals surface area contributed by atoms with Gasteiger partial charge in [0.15, 0.2) is 0 Å². The second-order valence-corrected chi connectivity index (χ2v) is 4.07. The van der Waals surface area contributed by atoms with Gasteiger partial charge in [-0.2, -0.15) is 0 Å². The molecule has 1 N–H and O–H groups in total. The van der Waals surface area contributed by atoms with Gasteiger partial charge >= 0.3 is 12.3 Å². The Balaban J connectivity index is 2.64. The maximum atomic E-state index is 11.0. The zero-order valence-corrected chi connectivity index (χ0v) is 10.9. The molecule has 0 fully saturated rings. The van der Waals surface area contributed by atoms with Crippen molar-refractivity contribution >= 4 is 12.3 Å². The maximum absolute atomic E-state index is 11.0. The van der Waals surface area contributed by atoms with Crippen LogP contribution < -0.4 is 0 Å². The Hall–Kier alpha value is -1.76. The van der Waals surface area contributed by atoms with Gasteiger partial charge in [0.2, 0.25) is 0 Å². The Kier molecular flexibility index (Phi) is 6.14. The maximum Gasteiger partial charge on any atom is 0.508 e. The minimum atomic E-state index is -0.826. The molecule has 1 rings (SSSR count). The summed E-state index contributed by atoms with van der Waals surface area (Å²) in [4.78, 5) is 22.0. The third-order valence-corrected chi connectivity index (χ3v) is 2.66. The normalized spacial score (nSPS) is 28.5. The molecule has 7 heteroatoms. The number of methoxy groups -OCH3 is 2. The molecule has 1 aliphatic carbocycles. The highest BCUT2D eigenvalue weighted by Crippen LogP contribution is 2.18. The first-order valence-corrected chi connectivity index (χ1v) is 5.90. The molecule has 0 bridgehead atoms. The largest absolute Gasteiger partial charge is 0.508 e. The van der Waals surface area contributed by atoms with E-state index in [1.165, 1.54) is 14.2 Å². The van der Waals surface area contributed by atoms with Crippen molar-refractivity contribution in [3.63, 3.8) is 0 Å². The fraction of sp³-hybridized carbons (Fsp3) is 0.667. The lowest BCUT2D eigenvalue weighted by Gasteiger charge is -2.22. The SMILES string of the molecule is COC(=O)OC1/C=C/C(OC(=O)OC)CC(O)CC1. The zero-order chi connectivity index (χ0) is 14.3. The summed E-state index contributed by atoms with van der Waals surface area (Å²) in [6.07, 6.45) is 0.925. The predicted octanol–water partition coefficient (Wildman–Crippen LogP) is 1.39. The lowest BCUT2D eigenvalue weighted by Crippen LogP contribution is -2.27. The van der Waals surface area contributed by atoms with E-state index in [1.54, 1.807) is 12.2 Å². The Bertz CT molecular complexity index is 339. The average Bonchev–Trinajstić information content (AvgIpc) is 2.39. The first-order valence-electron chi connectivity index (χ1n) is 5.90. The van der Waals surface area contributed by atoms with E-state index in [-0.39, 0.29) is 6.42 Å². The number of carbonyl (C=O) groups excluding carboxylic acids is 2. The molecule has 0 radical (unpaired) electrons. The molecule has 0 heterocycles. The number of hydrogen-bond acceptors (Lipinski definition) is 7. The summed E-state index contributed by atoms with van der Waals surface area (Å²) < 4.78 is 18.7. The fourth-order valence-corrected chi connectivity index (χ4v) is 1.69. The molecular weight excluding hydrogens is 256 g/mol. The van der Waals surface area contributed by atoms with E-state index >= 15 is 0 Å². The number of rotatable bonds is 2. The quantitative estimate of drug-likeness (QED) is 0.601. The van der Waals surface area contributed by atoms with E-state index in [4.69, 9.17) is 9.47 Å². The van der Waals surface area contributed by atoms with Gasteiger partial charge < -0.3 is 24.1 Å². The standard InChI is InChI=1S/C12H18O7/c1-16-11(14)18-9-4-3-8(13)7-10(6-5-9)19-12(15)17-2/h5-6,8-10,13H,3-4,7H2,1-2H3/b6-5+. The molecular formula is C12H18O7. The van der Waals surface area contributed by atoms with Gasteiger partial charge in [-0.3, -0.25) is 0 Å². The van der Waals surface area contributed by atoms with Crippen molar-refractivity contribution in [2.75, 3.05) is 14.2 Å². The van der Waals surface area contributed by atoms with E-state index in [2.05, 4.69) is 9.47 Å². The molecule has 3 unspecified atom stereocenters. The highest BCUT2D eigenvalue weighted by atomic mass is 16.7. The van der Waals surface area contributed by atoms with Crippen LogP contribution in [0.3, 0.4) is 0 Å². The van der Waals surface area contributed by atoms with Gasteiger partial charge in [0.25, 0.3) is 0 Å². The summed E-state index contributed by atoms with van der Waals surface area (Å²) in [5, 5.41) is 9.74. The van der Waals surface area contributed by atoms with Gasteiger partial charge in [-0.1, -0.05) is 0 Å². The number of aliphatic hydroxyl groups excluding tert-OH is 1. The zero-order valence-electron chi connectivity index (χ0n) is 10.9. The minimum absolute atomic E-state index is 0.274. The molecule has 7 nitrogen and oxygen atoms in total. The Morgan fingerprint density at radius 3 is 2.11 bits per heavy atom. The van der Waals surface area contributed by atoms with Crippen molar-refractivity contribution in [1.29, 1.82) is 0 Å². The van der Waals surface area contributed by atoms with Gasteiger partial charge in [0, 0.05) is 6.42 Å². The minimum Gasteiger partial charge on any atom is -0.438 e. The van der Waals surface area contributed by atoms with Gasteiger partial charge in [0.05, 0.1) is 20.3 Å². The molecule has 0 aromatic heterocycles. The lowest BCUT2D eigenvalue weighted by molar-refractivity contribution is 0.0164.